The number of hydrogen-bond acceptors (Lipinski definition) is 3. The largest absolute Gasteiger partial charge is 0.396 e. The molecule has 1 rings (SSSR count). The van der Waals surface area contributed by atoms with E-state index in [0.29, 0.717) is 0 Å². The van der Waals surface area contributed by atoms with E-state index in [1.165, 1.54) is 0 Å². The third-order valence-corrected chi connectivity index (χ3v) is 2.51. The first-order valence-corrected chi connectivity index (χ1v) is 5.42. The minimum atomic E-state index is -0.0833. The van der Waals surface area contributed by atoms with Crippen LogP contribution in [0.5, 0.6) is 0 Å². The lowest BCUT2D eigenvalue weighted by Crippen LogP contribution is -2.34. The van der Waals surface area contributed by atoms with Gasteiger partial charge in [-0.2, -0.15) is 0 Å². The van der Waals surface area contributed by atoms with Gasteiger partial charge in [-0.05, 0) is 6.42 Å². The molecule has 0 amide bonds. The molecule has 15 heavy (non-hydrogen) atoms. The van der Waals surface area contributed by atoms with Gasteiger partial charge in [0.2, 0.25) is 0 Å². The molecule has 4 nitrogen and oxygen atoms in total. The topological polar surface area (TPSA) is 60.9 Å². The minimum absolute atomic E-state index is 0.0833. The summed E-state index contributed by atoms with van der Waals surface area (Å²) >= 11 is 0. The highest BCUT2D eigenvalue weighted by atomic mass is 16.3. The van der Waals surface area contributed by atoms with Gasteiger partial charge in [-0.1, -0.05) is 20.8 Å². The van der Waals surface area contributed by atoms with Crippen LogP contribution in [0.15, 0.2) is 12.4 Å². The monoisotopic (exact) mass is 211 g/mol. The van der Waals surface area contributed by atoms with Crippen molar-refractivity contribution in [3.8, 4) is 0 Å². The van der Waals surface area contributed by atoms with E-state index in [1.807, 2.05) is 20.0 Å². The van der Waals surface area contributed by atoms with E-state index in [1.54, 1.807) is 6.20 Å². The van der Waals surface area contributed by atoms with Crippen molar-refractivity contribution in [1.82, 2.24) is 15.3 Å². The summed E-state index contributed by atoms with van der Waals surface area (Å²) in [4.78, 5) is 7.34. The van der Waals surface area contributed by atoms with Crippen LogP contribution >= 0.6 is 0 Å². The molecular formula is C11H21N3O. The Kier molecular flexibility index (Phi) is 4.29. The Bertz CT molecular complexity index is 269. The second-order valence-electron chi connectivity index (χ2n) is 4.64. The zero-order valence-corrected chi connectivity index (χ0v) is 9.75. The second-order valence-corrected chi connectivity index (χ2v) is 4.64. The second kappa shape index (κ2) is 5.28. The van der Waals surface area contributed by atoms with Crippen LogP contribution in [0.4, 0.5) is 0 Å². The van der Waals surface area contributed by atoms with Crippen LogP contribution in [-0.4, -0.2) is 28.2 Å². The molecule has 0 bridgehead atoms. The molecule has 0 radical (unpaired) electrons. The number of nitrogens with one attached hydrogen (secondary N) is 2. The molecule has 3 N–H and O–H groups in total. The summed E-state index contributed by atoms with van der Waals surface area (Å²) in [6, 6.07) is 0.242. The molecule has 0 saturated carbocycles. The van der Waals surface area contributed by atoms with Gasteiger partial charge in [-0.3, -0.25) is 0 Å². The quantitative estimate of drug-likeness (QED) is 0.667. The van der Waals surface area contributed by atoms with Crippen LogP contribution in [0, 0.1) is 5.41 Å². The van der Waals surface area contributed by atoms with Crippen molar-refractivity contribution >= 4 is 0 Å². The summed E-state index contributed by atoms with van der Waals surface area (Å²) in [6.07, 6.45) is 4.57. The smallest absolute Gasteiger partial charge is 0.123 e. The highest BCUT2D eigenvalue weighted by Gasteiger charge is 2.19. The number of hydrogen-bond donors (Lipinski definition) is 3. The number of aliphatic hydroxyl groups is 1. The van der Waals surface area contributed by atoms with Crippen molar-refractivity contribution in [3.05, 3.63) is 18.2 Å². The van der Waals surface area contributed by atoms with Crippen LogP contribution in [0.1, 0.15) is 39.1 Å². The Hall–Kier alpha value is -0.870. The van der Waals surface area contributed by atoms with Crippen LogP contribution < -0.4 is 5.32 Å². The van der Waals surface area contributed by atoms with E-state index in [-0.39, 0.29) is 18.1 Å². The van der Waals surface area contributed by atoms with Crippen LogP contribution in [0.2, 0.25) is 0 Å². The molecule has 1 heterocycles. The molecule has 86 valence electrons. The van der Waals surface area contributed by atoms with Crippen molar-refractivity contribution in [3.63, 3.8) is 0 Å². The van der Waals surface area contributed by atoms with Gasteiger partial charge < -0.3 is 15.4 Å². The fraction of sp³-hybridized carbons (Fsp3) is 0.727. The van der Waals surface area contributed by atoms with Gasteiger partial charge in [0.1, 0.15) is 5.82 Å². The molecule has 0 aromatic carbocycles. The Morgan fingerprint density at radius 3 is 2.80 bits per heavy atom. The first-order chi connectivity index (χ1) is 7.09. The van der Waals surface area contributed by atoms with Crippen LogP contribution in [-0.2, 0) is 0 Å². The molecule has 0 saturated heterocycles. The highest BCUT2D eigenvalue weighted by Crippen LogP contribution is 2.16. The van der Waals surface area contributed by atoms with E-state index in [0.717, 1.165) is 18.8 Å². The Labute approximate surface area is 91.1 Å². The standard InChI is InChI=1S/C11H21N3O/c1-4-9(10-12-5-6-13-10)14-7-11(2,3)8-15/h5-6,9,14-15H,4,7-8H2,1-3H3,(H,12,13). The molecule has 0 fully saturated rings. The first kappa shape index (κ1) is 12.2. The maximum absolute atomic E-state index is 9.15. The minimum Gasteiger partial charge on any atom is -0.396 e. The van der Waals surface area contributed by atoms with E-state index in [2.05, 4.69) is 22.2 Å². The zero-order valence-electron chi connectivity index (χ0n) is 9.75. The fourth-order valence-electron chi connectivity index (χ4n) is 1.36. The normalized spacial score (nSPS) is 14.1. The Balaban J connectivity index is 2.49. The van der Waals surface area contributed by atoms with E-state index >= 15 is 0 Å². The summed E-state index contributed by atoms with van der Waals surface area (Å²) in [5, 5.41) is 12.6. The lowest BCUT2D eigenvalue weighted by atomic mass is 9.94. The summed E-state index contributed by atoms with van der Waals surface area (Å²) < 4.78 is 0. The van der Waals surface area contributed by atoms with Crippen molar-refractivity contribution in [2.24, 2.45) is 5.41 Å². The predicted octanol–water partition coefficient (Wildman–Crippen LogP) is 1.47. The van der Waals surface area contributed by atoms with Gasteiger partial charge in [0.25, 0.3) is 0 Å². The lowest BCUT2D eigenvalue weighted by molar-refractivity contribution is 0.152. The van der Waals surface area contributed by atoms with Gasteiger partial charge in [-0.25, -0.2) is 4.98 Å². The molecule has 1 aromatic heterocycles. The molecule has 1 aromatic rings. The summed E-state index contributed by atoms with van der Waals surface area (Å²) in [7, 11) is 0. The van der Waals surface area contributed by atoms with Crippen molar-refractivity contribution in [2.45, 2.75) is 33.2 Å². The van der Waals surface area contributed by atoms with Gasteiger partial charge in [0.05, 0.1) is 6.04 Å². The Morgan fingerprint density at radius 2 is 2.33 bits per heavy atom. The van der Waals surface area contributed by atoms with Gasteiger partial charge in [0, 0.05) is 31.0 Å². The number of imidazole rings is 1. The number of aliphatic hydroxyl groups excluding tert-OH is 1. The lowest BCUT2D eigenvalue weighted by Gasteiger charge is -2.25. The molecule has 1 atom stereocenters. The first-order valence-electron chi connectivity index (χ1n) is 5.42. The average Bonchev–Trinajstić information content (AvgIpc) is 2.72. The SMILES string of the molecule is CCC(NCC(C)(C)CO)c1ncc[nH]1. The van der Waals surface area contributed by atoms with Crippen molar-refractivity contribution < 1.29 is 5.11 Å². The summed E-state index contributed by atoms with van der Waals surface area (Å²) in [5.74, 6) is 0.964. The number of nitrogens with zero attached hydrogens (tertiary/aromatic N) is 1. The number of aromatic nitrogens is 2. The number of H-pyrrole nitrogens is 1. The number of aromatic amines is 1. The van der Waals surface area contributed by atoms with E-state index in [4.69, 9.17) is 5.11 Å². The van der Waals surface area contributed by atoms with E-state index in [9.17, 15) is 0 Å². The molecule has 0 aliphatic heterocycles. The molecule has 4 heteroatoms. The molecule has 0 spiro atoms. The van der Waals surface area contributed by atoms with Gasteiger partial charge in [-0.15, -0.1) is 0 Å². The fourth-order valence-corrected chi connectivity index (χ4v) is 1.36. The third kappa shape index (κ3) is 3.64. The maximum atomic E-state index is 9.15. The van der Waals surface area contributed by atoms with E-state index < -0.39 is 0 Å². The molecule has 0 aliphatic rings. The van der Waals surface area contributed by atoms with Crippen molar-refractivity contribution in [1.29, 1.82) is 0 Å². The summed E-state index contributed by atoms with van der Waals surface area (Å²) in [5.41, 5.74) is -0.0833. The van der Waals surface area contributed by atoms with Crippen molar-refractivity contribution in [2.75, 3.05) is 13.2 Å². The Morgan fingerprint density at radius 1 is 1.60 bits per heavy atom. The zero-order chi connectivity index (χ0) is 11.3. The maximum Gasteiger partial charge on any atom is 0.123 e. The third-order valence-electron chi connectivity index (χ3n) is 2.51. The summed E-state index contributed by atoms with van der Waals surface area (Å²) in [6.45, 7) is 7.16. The molecule has 1 unspecified atom stereocenters. The average molecular weight is 211 g/mol. The molecular weight excluding hydrogens is 190 g/mol. The predicted molar refractivity (Wildman–Crippen MR) is 60.5 cm³/mol. The van der Waals surface area contributed by atoms with Crippen LogP contribution in [0.3, 0.4) is 0 Å². The number of rotatable bonds is 6. The van der Waals surface area contributed by atoms with Crippen LogP contribution in [0.25, 0.3) is 0 Å². The highest BCUT2D eigenvalue weighted by molar-refractivity contribution is 4.95. The van der Waals surface area contributed by atoms with Gasteiger partial charge in [0.15, 0.2) is 0 Å². The van der Waals surface area contributed by atoms with Gasteiger partial charge >= 0.3 is 0 Å². The molecule has 0 aliphatic carbocycles.